The van der Waals surface area contributed by atoms with E-state index in [-0.39, 0.29) is 5.56 Å². The summed E-state index contributed by atoms with van der Waals surface area (Å²) in [5.74, 6) is 0. The number of aromatic nitrogens is 2. The fraction of sp³-hybridized carbons (Fsp3) is 0. The quantitative estimate of drug-likeness (QED) is 0.553. The second-order valence-corrected chi connectivity index (χ2v) is 6.15. The number of aromatic amines is 1. The van der Waals surface area contributed by atoms with Gasteiger partial charge >= 0.3 is 0 Å². The maximum absolute atomic E-state index is 12.4. The third-order valence-electron chi connectivity index (χ3n) is 3.90. The third-order valence-corrected chi connectivity index (χ3v) is 4.39. The molecule has 1 N–H and O–H groups in total. The van der Waals surface area contributed by atoms with Gasteiger partial charge in [-0.2, -0.15) is 5.26 Å². The lowest BCUT2D eigenvalue weighted by Gasteiger charge is -2.02. The van der Waals surface area contributed by atoms with Crippen LogP contribution in [0.3, 0.4) is 0 Å². The van der Waals surface area contributed by atoms with Crippen molar-refractivity contribution in [2.75, 3.05) is 0 Å². The van der Waals surface area contributed by atoms with Crippen LogP contribution in [0.5, 0.6) is 0 Å². The van der Waals surface area contributed by atoms with Crippen LogP contribution in [0.1, 0.15) is 5.56 Å². The van der Waals surface area contributed by atoms with Gasteiger partial charge in [-0.05, 0) is 23.8 Å². The van der Waals surface area contributed by atoms with E-state index in [9.17, 15) is 10.1 Å². The first-order valence-electron chi connectivity index (χ1n) is 7.01. The van der Waals surface area contributed by atoms with Gasteiger partial charge < -0.3 is 9.38 Å². The predicted molar refractivity (Wildman–Crippen MR) is 93.4 cm³/mol. The molecule has 110 valence electrons. The van der Waals surface area contributed by atoms with Crippen LogP contribution in [-0.4, -0.2) is 9.38 Å². The highest BCUT2D eigenvalue weighted by Crippen LogP contribution is 2.29. The maximum Gasteiger partial charge on any atom is 0.258 e. The Morgan fingerprint density at radius 3 is 2.65 bits per heavy atom. The zero-order valence-corrected chi connectivity index (χ0v) is 13.5. The molecule has 4 nitrogen and oxygen atoms in total. The second-order valence-electron chi connectivity index (χ2n) is 5.23. The van der Waals surface area contributed by atoms with Gasteiger partial charge in [-0.1, -0.05) is 46.3 Å². The van der Waals surface area contributed by atoms with Gasteiger partial charge in [0, 0.05) is 16.2 Å². The molecule has 0 atom stereocenters. The molecular weight excluding hydrogens is 354 g/mol. The van der Waals surface area contributed by atoms with Crippen molar-refractivity contribution in [3.63, 3.8) is 0 Å². The van der Waals surface area contributed by atoms with Crippen LogP contribution in [0.25, 0.3) is 27.7 Å². The highest BCUT2D eigenvalue weighted by Gasteiger charge is 2.15. The topological polar surface area (TPSA) is 61.1 Å². The van der Waals surface area contributed by atoms with Crippen LogP contribution >= 0.6 is 15.9 Å². The molecule has 2 heterocycles. The van der Waals surface area contributed by atoms with Crippen molar-refractivity contribution in [3.8, 4) is 17.2 Å². The van der Waals surface area contributed by atoms with E-state index in [0.29, 0.717) is 16.6 Å². The average Bonchev–Trinajstić information content (AvgIpc) is 2.94. The average molecular weight is 364 g/mol. The van der Waals surface area contributed by atoms with E-state index in [1.807, 2.05) is 53.1 Å². The van der Waals surface area contributed by atoms with Gasteiger partial charge in [-0.15, -0.1) is 0 Å². The lowest BCUT2D eigenvalue weighted by molar-refractivity contribution is 1.16. The zero-order valence-electron chi connectivity index (χ0n) is 11.9. The van der Waals surface area contributed by atoms with Gasteiger partial charge in [-0.25, -0.2) is 0 Å². The number of nitrogens with zero attached hydrogens (tertiary/aromatic N) is 2. The Bertz CT molecular complexity index is 1150. The van der Waals surface area contributed by atoms with Crippen LogP contribution in [0.15, 0.2) is 64.0 Å². The van der Waals surface area contributed by atoms with Crippen LogP contribution < -0.4 is 5.56 Å². The predicted octanol–water partition coefficient (Wildman–Crippen LogP) is 4.08. The van der Waals surface area contributed by atoms with Crippen molar-refractivity contribution in [1.82, 2.24) is 9.38 Å². The maximum atomic E-state index is 12.4. The molecule has 0 fully saturated rings. The van der Waals surface area contributed by atoms with Gasteiger partial charge in [0.1, 0.15) is 17.3 Å². The van der Waals surface area contributed by atoms with E-state index in [1.165, 1.54) is 0 Å². The zero-order chi connectivity index (χ0) is 16.0. The molecule has 0 radical (unpaired) electrons. The minimum absolute atomic E-state index is 0.206. The molecule has 4 rings (SSSR count). The van der Waals surface area contributed by atoms with E-state index < -0.39 is 0 Å². The third kappa shape index (κ3) is 2.07. The number of hydrogen-bond acceptors (Lipinski definition) is 2. The number of benzene rings is 2. The minimum atomic E-state index is -0.206. The standard InChI is InChI=1S/C18H10BrN3O/c19-12-6-7-16-13(8-12)18(23)21-17-14(9-20)15(10-22(16)17)11-4-2-1-3-5-11/h1-8,10H,(H,21,23). The van der Waals surface area contributed by atoms with Crippen molar-refractivity contribution >= 4 is 32.5 Å². The fourth-order valence-electron chi connectivity index (χ4n) is 2.84. The van der Waals surface area contributed by atoms with Crippen LogP contribution in [-0.2, 0) is 0 Å². The summed E-state index contributed by atoms with van der Waals surface area (Å²) in [5.41, 5.74) is 3.30. The van der Waals surface area contributed by atoms with E-state index in [4.69, 9.17) is 0 Å². The first-order valence-corrected chi connectivity index (χ1v) is 7.80. The summed E-state index contributed by atoms with van der Waals surface area (Å²) in [5, 5.41) is 10.2. The number of halogens is 1. The highest BCUT2D eigenvalue weighted by atomic mass is 79.9. The molecule has 0 bridgehead atoms. The molecule has 0 unspecified atom stereocenters. The number of hydrogen-bond donors (Lipinski definition) is 1. The fourth-order valence-corrected chi connectivity index (χ4v) is 3.20. The normalized spacial score (nSPS) is 11.0. The molecule has 0 aliphatic rings. The van der Waals surface area contributed by atoms with Crippen LogP contribution in [0.2, 0.25) is 0 Å². The van der Waals surface area contributed by atoms with Crippen molar-refractivity contribution < 1.29 is 0 Å². The van der Waals surface area contributed by atoms with Gasteiger partial charge in [0.05, 0.1) is 10.9 Å². The second kappa shape index (κ2) is 5.11. The molecule has 5 heteroatoms. The lowest BCUT2D eigenvalue weighted by Crippen LogP contribution is -2.09. The van der Waals surface area contributed by atoms with Crippen LogP contribution in [0.4, 0.5) is 0 Å². The molecule has 0 aliphatic heterocycles. The minimum Gasteiger partial charge on any atom is -0.306 e. The summed E-state index contributed by atoms with van der Waals surface area (Å²) in [7, 11) is 0. The monoisotopic (exact) mass is 363 g/mol. The summed E-state index contributed by atoms with van der Waals surface area (Å²) in [6.45, 7) is 0. The van der Waals surface area contributed by atoms with Crippen molar-refractivity contribution in [1.29, 1.82) is 5.26 Å². The Morgan fingerprint density at radius 1 is 1.13 bits per heavy atom. The summed E-state index contributed by atoms with van der Waals surface area (Å²) < 4.78 is 2.70. The van der Waals surface area contributed by atoms with E-state index in [1.54, 1.807) is 6.07 Å². The van der Waals surface area contributed by atoms with E-state index in [0.717, 1.165) is 21.1 Å². The Hall–Kier alpha value is -2.84. The molecule has 23 heavy (non-hydrogen) atoms. The number of nitrogens with one attached hydrogen (secondary N) is 1. The van der Waals surface area contributed by atoms with Crippen molar-refractivity contribution in [2.45, 2.75) is 0 Å². The van der Waals surface area contributed by atoms with E-state index >= 15 is 0 Å². The number of H-pyrrole nitrogens is 1. The molecular formula is C18H10BrN3O. The summed E-state index contributed by atoms with van der Waals surface area (Å²) in [4.78, 5) is 15.2. The van der Waals surface area contributed by atoms with Gasteiger partial charge in [0.15, 0.2) is 0 Å². The molecule has 0 aliphatic carbocycles. The molecule has 0 saturated carbocycles. The largest absolute Gasteiger partial charge is 0.306 e. The summed E-state index contributed by atoms with van der Waals surface area (Å²) in [6, 6.07) is 17.4. The Labute approximate surface area is 139 Å². The lowest BCUT2D eigenvalue weighted by atomic mass is 10.1. The molecule has 0 saturated heterocycles. The van der Waals surface area contributed by atoms with Gasteiger partial charge in [0.25, 0.3) is 5.56 Å². The first-order chi connectivity index (χ1) is 11.2. The smallest absolute Gasteiger partial charge is 0.258 e. The molecule has 4 aromatic rings. The van der Waals surface area contributed by atoms with Gasteiger partial charge in [0.2, 0.25) is 0 Å². The number of rotatable bonds is 1. The molecule has 0 amide bonds. The summed E-state index contributed by atoms with van der Waals surface area (Å²) in [6.07, 6.45) is 1.90. The number of nitriles is 1. The number of fused-ring (bicyclic) bond motifs is 3. The Morgan fingerprint density at radius 2 is 1.91 bits per heavy atom. The summed E-state index contributed by atoms with van der Waals surface area (Å²) >= 11 is 3.39. The van der Waals surface area contributed by atoms with Crippen molar-refractivity contribution in [3.05, 3.63) is 75.1 Å². The molecule has 2 aromatic heterocycles. The molecule has 0 spiro atoms. The van der Waals surface area contributed by atoms with Gasteiger partial charge in [-0.3, -0.25) is 4.79 Å². The SMILES string of the molecule is N#Cc1c(-c2ccccc2)cn2c1[nH]c(=O)c1cc(Br)ccc12. The Balaban J connectivity index is 2.18. The first kappa shape index (κ1) is 13.8. The Kier molecular flexibility index (Phi) is 3.07. The van der Waals surface area contributed by atoms with Crippen LogP contribution in [0, 0.1) is 11.3 Å². The van der Waals surface area contributed by atoms with Crippen molar-refractivity contribution in [2.24, 2.45) is 0 Å². The molecule has 2 aromatic carbocycles. The van der Waals surface area contributed by atoms with E-state index in [2.05, 4.69) is 27.0 Å². The highest BCUT2D eigenvalue weighted by molar-refractivity contribution is 9.10.